The molecular weight excluding hydrogens is 234 g/mol. The van der Waals surface area contributed by atoms with Crippen molar-refractivity contribution in [2.75, 3.05) is 7.05 Å². The van der Waals surface area contributed by atoms with Crippen LogP contribution in [-0.4, -0.2) is 28.3 Å². The third-order valence-corrected chi connectivity index (χ3v) is 2.49. The molecule has 6 nitrogen and oxygen atoms in total. The zero-order valence-corrected chi connectivity index (χ0v) is 10.7. The summed E-state index contributed by atoms with van der Waals surface area (Å²) in [5.74, 6) is -0.263. The molecule has 1 aromatic rings. The summed E-state index contributed by atoms with van der Waals surface area (Å²) in [5.41, 5.74) is 5.21. The lowest BCUT2D eigenvalue weighted by atomic mass is 10.1. The SMILES string of the molecule is CN(Cc1ccccc1[N+](=O)[O-])C(=O)C(C)(C)N. The summed E-state index contributed by atoms with van der Waals surface area (Å²) >= 11 is 0. The van der Waals surface area contributed by atoms with E-state index in [9.17, 15) is 14.9 Å². The molecule has 0 atom stereocenters. The monoisotopic (exact) mass is 251 g/mol. The van der Waals surface area contributed by atoms with Crippen molar-refractivity contribution in [3.8, 4) is 0 Å². The van der Waals surface area contributed by atoms with E-state index in [4.69, 9.17) is 5.73 Å². The Morgan fingerprint density at radius 1 is 1.44 bits per heavy atom. The third kappa shape index (κ3) is 3.27. The molecule has 0 aliphatic carbocycles. The minimum atomic E-state index is -0.988. The average Bonchev–Trinajstić information content (AvgIpc) is 2.27. The van der Waals surface area contributed by atoms with Crippen LogP contribution in [0.15, 0.2) is 24.3 Å². The number of nitrogens with two attached hydrogens (primary N) is 1. The number of carbonyl (C=O) groups is 1. The van der Waals surface area contributed by atoms with Crippen LogP contribution in [0.25, 0.3) is 0 Å². The molecule has 0 saturated heterocycles. The molecule has 0 radical (unpaired) electrons. The van der Waals surface area contributed by atoms with E-state index in [-0.39, 0.29) is 18.1 Å². The van der Waals surface area contributed by atoms with Crippen LogP contribution in [0.3, 0.4) is 0 Å². The fourth-order valence-corrected chi connectivity index (χ4v) is 1.64. The molecular formula is C12H17N3O3. The van der Waals surface area contributed by atoms with Gasteiger partial charge in [0.2, 0.25) is 5.91 Å². The number of hydrogen-bond donors (Lipinski definition) is 1. The number of nitro groups is 1. The smallest absolute Gasteiger partial charge is 0.274 e. The second kappa shape index (κ2) is 5.14. The van der Waals surface area contributed by atoms with Gasteiger partial charge in [-0.05, 0) is 13.8 Å². The van der Waals surface area contributed by atoms with E-state index in [2.05, 4.69) is 0 Å². The van der Waals surface area contributed by atoms with Crippen LogP contribution in [0.1, 0.15) is 19.4 Å². The Morgan fingerprint density at radius 2 is 2.00 bits per heavy atom. The first-order valence-corrected chi connectivity index (χ1v) is 5.50. The number of amides is 1. The Kier molecular flexibility index (Phi) is 4.03. The molecule has 0 heterocycles. The van der Waals surface area contributed by atoms with Crippen molar-refractivity contribution in [2.24, 2.45) is 5.73 Å². The van der Waals surface area contributed by atoms with E-state index in [1.807, 2.05) is 0 Å². The zero-order valence-electron chi connectivity index (χ0n) is 10.7. The van der Waals surface area contributed by atoms with Crippen LogP contribution in [0.2, 0.25) is 0 Å². The highest BCUT2D eigenvalue weighted by Gasteiger charge is 2.26. The van der Waals surface area contributed by atoms with Crippen molar-refractivity contribution in [3.05, 3.63) is 39.9 Å². The quantitative estimate of drug-likeness (QED) is 0.645. The number of para-hydroxylation sites is 1. The van der Waals surface area contributed by atoms with E-state index in [1.165, 1.54) is 11.0 Å². The van der Waals surface area contributed by atoms with Crippen LogP contribution in [-0.2, 0) is 11.3 Å². The summed E-state index contributed by atoms with van der Waals surface area (Å²) in [4.78, 5) is 23.7. The summed E-state index contributed by atoms with van der Waals surface area (Å²) < 4.78 is 0. The van der Waals surface area contributed by atoms with Crippen LogP contribution in [0.5, 0.6) is 0 Å². The van der Waals surface area contributed by atoms with E-state index < -0.39 is 10.5 Å². The average molecular weight is 251 g/mol. The van der Waals surface area contributed by atoms with Crippen molar-refractivity contribution in [1.29, 1.82) is 0 Å². The number of nitro benzene ring substituents is 1. The van der Waals surface area contributed by atoms with Crippen LogP contribution < -0.4 is 5.73 Å². The van der Waals surface area contributed by atoms with Crippen LogP contribution >= 0.6 is 0 Å². The van der Waals surface area contributed by atoms with Gasteiger partial charge in [-0.15, -0.1) is 0 Å². The first-order valence-electron chi connectivity index (χ1n) is 5.50. The van der Waals surface area contributed by atoms with Gasteiger partial charge in [0.25, 0.3) is 5.69 Å². The van der Waals surface area contributed by atoms with Crippen molar-refractivity contribution in [2.45, 2.75) is 25.9 Å². The van der Waals surface area contributed by atoms with Gasteiger partial charge in [0.1, 0.15) is 0 Å². The maximum atomic E-state index is 11.9. The van der Waals surface area contributed by atoms with Crippen molar-refractivity contribution in [3.63, 3.8) is 0 Å². The largest absolute Gasteiger partial charge is 0.340 e. The summed E-state index contributed by atoms with van der Waals surface area (Å²) in [5, 5.41) is 10.8. The minimum Gasteiger partial charge on any atom is -0.340 e. The Morgan fingerprint density at radius 3 is 2.50 bits per heavy atom. The maximum absolute atomic E-state index is 11.9. The van der Waals surface area contributed by atoms with E-state index in [0.717, 1.165) is 0 Å². The highest BCUT2D eigenvalue weighted by atomic mass is 16.6. The second-order valence-electron chi connectivity index (χ2n) is 4.77. The number of rotatable bonds is 4. The molecule has 0 fully saturated rings. The molecule has 0 bridgehead atoms. The highest BCUT2D eigenvalue weighted by Crippen LogP contribution is 2.19. The second-order valence-corrected chi connectivity index (χ2v) is 4.77. The van der Waals surface area contributed by atoms with E-state index in [1.54, 1.807) is 39.1 Å². The lowest BCUT2D eigenvalue weighted by Crippen LogP contribution is -2.49. The van der Waals surface area contributed by atoms with Crippen molar-refractivity contribution in [1.82, 2.24) is 4.90 Å². The van der Waals surface area contributed by atoms with Crippen molar-refractivity contribution < 1.29 is 9.72 Å². The van der Waals surface area contributed by atoms with Crippen molar-refractivity contribution >= 4 is 11.6 Å². The maximum Gasteiger partial charge on any atom is 0.274 e. The number of nitrogens with zero attached hydrogens (tertiary/aromatic N) is 2. The first kappa shape index (κ1) is 14.1. The lowest BCUT2D eigenvalue weighted by molar-refractivity contribution is -0.385. The molecule has 1 amide bonds. The Balaban J connectivity index is 2.92. The van der Waals surface area contributed by atoms with Gasteiger partial charge in [-0.25, -0.2) is 0 Å². The Bertz CT molecular complexity index is 466. The Hall–Kier alpha value is -1.95. The molecule has 1 aromatic carbocycles. The predicted octanol–water partition coefficient (Wildman–Crippen LogP) is 1.29. The van der Waals surface area contributed by atoms with Crippen LogP contribution in [0, 0.1) is 10.1 Å². The summed E-state index contributed by atoms with van der Waals surface area (Å²) in [6, 6.07) is 6.34. The van der Waals surface area contributed by atoms with Gasteiger partial charge < -0.3 is 10.6 Å². The van der Waals surface area contributed by atoms with Gasteiger partial charge in [-0.1, -0.05) is 18.2 Å². The fourth-order valence-electron chi connectivity index (χ4n) is 1.64. The highest BCUT2D eigenvalue weighted by molar-refractivity contribution is 5.85. The molecule has 0 unspecified atom stereocenters. The molecule has 0 saturated carbocycles. The van der Waals surface area contributed by atoms with E-state index in [0.29, 0.717) is 5.56 Å². The van der Waals surface area contributed by atoms with Crippen LogP contribution in [0.4, 0.5) is 5.69 Å². The summed E-state index contributed by atoms with van der Waals surface area (Å²) in [7, 11) is 1.58. The molecule has 0 spiro atoms. The standard InChI is InChI=1S/C12H17N3O3/c1-12(2,13)11(16)14(3)8-9-6-4-5-7-10(9)15(17)18/h4-7H,8,13H2,1-3H3. The van der Waals surface area contributed by atoms with Gasteiger partial charge in [0.05, 0.1) is 17.0 Å². The molecule has 1 rings (SSSR count). The Labute approximate surface area is 106 Å². The predicted molar refractivity (Wildman–Crippen MR) is 67.8 cm³/mol. The normalized spacial score (nSPS) is 11.1. The molecule has 98 valence electrons. The molecule has 0 aromatic heterocycles. The number of benzene rings is 1. The molecule has 0 aliphatic rings. The molecule has 2 N–H and O–H groups in total. The first-order chi connectivity index (χ1) is 8.23. The topological polar surface area (TPSA) is 89.5 Å². The lowest BCUT2D eigenvalue weighted by Gasteiger charge is -2.25. The number of likely N-dealkylation sites (N-methyl/N-ethyl adjacent to an activating group) is 1. The zero-order chi connectivity index (χ0) is 13.9. The molecule has 0 aliphatic heterocycles. The minimum absolute atomic E-state index is 0.00646. The third-order valence-electron chi connectivity index (χ3n) is 2.49. The van der Waals surface area contributed by atoms with Gasteiger partial charge in [-0.3, -0.25) is 14.9 Å². The van der Waals surface area contributed by atoms with E-state index >= 15 is 0 Å². The fraction of sp³-hybridized carbons (Fsp3) is 0.417. The van der Waals surface area contributed by atoms with Gasteiger partial charge in [-0.2, -0.15) is 0 Å². The summed E-state index contributed by atoms with van der Waals surface area (Å²) in [6.07, 6.45) is 0. The number of carbonyl (C=O) groups excluding carboxylic acids is 1. The molecule has 18 heavy (non-hydrogen) atoms. The number of hydrogen-bond acceptors (Lipinski definition) is 4. The molecule has 6 heteroatoms. The van der Waals surface area contributed by atoms with Gasteiger partial charge >= 0.3 is 0 Å². The summed E-state index contributed by atoms with van der Waals surface area (Å²) in [6.45, 7) is 3.37. The van der Waals surface area contributed by atoms with Gasteiger partial charge in [0, 0.05) is 18.7 Å². The van der Waals surface area contributed by atoms with Gasteiger partial charge in [0.15, 0.2) is 0 Å².